The van der Waals surface area contributed by atoms with Gasteiger partial charge in [-0.1, -0.05) is 30.3 Å². The molecule has 3 amide bonds. The molecule has 4 rings (SSSR count). The molecule has 0 spiro atoms. The summed E-state index contributed by atoms with van der Waals surface area (Å²) >= 11 is 0. The minimum absolute atomic E-state index is 0.0782. The summed E-state index contributed by atoms with van der Waals surface area (Å²) in [6.45, 7) is 4.24. The Morgan fingerprint density at radius 3 is 2.71 bits per heavy atom. The summed E-state index contributed by atoms with van der Waals surface area (Å²) in [7, 11) is 1.45. The number of ether oxygens (including phenoxy) is 1. The van der Waals surface area contributed by atoms with E-state index in [1.165, 1.54) is 12.7 Å². The normalized spacial score (nSPS) is 15.5. The number of aromatic nitrogens is 2. The first kappa shape index (κ1) is 24.4. The van der Waals surface area contributed by atoms with Crippen molar-refractivity contribution in [3.63, 3.8) is 0 Å². The first-order valence-corrected chi connectivity index (χ1v) is 11.9. The van der Waals surface area contributed by atoms with E-state index in [9.17, 15) is 14.4 Å². The van der Waals surface area contributed by atoms with E-state index in [0.717, 1.165) is 6.42 Å². The predicted molar refractivity (Wildman–Crippen MR) is 133 cm³/mol. The number of methoxy groups -OCH3 is 1. The highest BCUT2D eigenvalue weighted by atomic mass is 16.5. The van der Waals surface area contributed by atoms with Crippen LogP contribution in [0.5, 0.6) is 0 Å². The van der Waals surface area contributed by atoms with Gasteiger partial charge in [0.05, 0.1) is 22.9 Å². The maximum atomic E-state index is 13.3. The van der Waals surface area contributed by atoms with E-state index in [-0.39, 0.29) is 30.2 Å². The van der Waals surface area contributed by atoms with Gasteiger partial charge in [0.15, 0.2) is 0 Å². The standard InChI is InChI=1S/C26H31N5O4/c1-3-30-15-19(11-24(30)33)14-27-26(34)21-12-20(29-23(32)16-35-2)13-22-25(21)31(17-28-22)10-9-18-7-5-4-6-8-18/h4-8,12-13,17,19H,3,9-11,14-16H2,1-2H3,(H,27,34)(H,29,32)/t19-/m1/s1. The predicted octanol–water partition coefficient (Wildman–Crippen LogP) is 2.46. The van der Waals surface area contributed by atoms with Crippen molar-refractivity contribution in [3.8, 4) is 0 Å². The van der Waals surface area contributed by atoms with E-state index >= 15 is 0 Å². The number of hydrogen-bond donors (Lipinski definition) is 2. The number of nitrogens with zero attached hydrogens (tertiary/aromatic N) is 3. The lowest BCUT2D eigenvalue weighted by Crippen LogP contribution is -2.31. The van der Waals surface area contributed by atoms with Crippen LogP contribution in [-0.4, -0.2) is 65.5 Å². The molecule has 0 aliphatic carbocycles. The molecule has 2 N–H and O–H groups in total. The highest BCUT2D eigenvalue weighted by Gasteiger charge is 2.29. The zero-order valence-corrected chi connectivity index (χ0v) is 20.1. The first-order chi connectivity index (χ1) is 17.0. The molecule has 9 heteroatoms. The number of aryl methyl sites for hydroxylation is 2. The van der Waals surface area contributed by atoms with Crippen molar-refractivity contribution in [2.75, 3.05) is 38.7 Å². The van der Waals surface area contributed by atoms with Crippen LogP contribution in [0.3, 0.4) is 0 Å². The van der Waals surface area contributed by atoms with E-state index in [2.05, 4.69) is 27.8 Å². The van der Waals surface area contributed by atoms with Gasteiger partial charge >= 0.3 is 0 Å². The third-order valence-electron chi connectivity index (χ3n) is 6.23. The Morgan fingerprint density at radius 2 is 2.00 bits per heavy atom. The number of hydrogen-bond acceptors (Lipinski definition) is 5. The van der Waals surface area contributed by atoms with Crippen LogP contribution in [0.1, 0.15) is 29.3 Å². The molecule has 0 radical (unpaired) electrons. The topological polar surface area (TPSA) is 106 Å². The third-order valence-corrected chi connectivity index (χ3v) is 6.23. The summed E-state index contributed by atoms with van der Waals surface area (Å²) in [5.41, 5.74) is 3.42. The summed E-state index contributed by atoms with van der Waals surface area (Å²) in [5, 5.41) is 5.77. The zero-order valence-electron chi connectivity index (χ0n) is 20.1. The van der Waals surface area contributed by atoms with Gasteiger partial charge in [0.25, 0.3) is 5.91 Å². The molecule has 184 valence electrons. The van der Waals surface area contributed by atoms with E-state index in [0.29, 0.717) is 54.9 Å². The molecule has 1 atom stereocenters. The molecular formula is C26H31N5O4. The number of amides is 3. The molecule has 9 nitrogen and oxygen atoms in total. The average molecular weight is 478 g/mol. The number of benzene rings is 2. The van der Waals surface area contributed by atoms with Crippen LogP contribution in [0, 0.1) is 5.92 Å². The number of carbonyl (C=O) groups is 3. The Balaban J connectivity index is 1.58. The summed E-state index contributed by atoms with van der Waals surface area (Å²) in [5.74, 6) is -0.377. The van der Waals surface area contributed by atoms with E-state index in [4.69, 9.17) is 4.74 Å². The second-order valence-electron chi connectivity index (χ2n) is 8.76. The van der Waals surface area contributed by atoms with E-state index in [1.54, 1.807) is 23.4 Å². The molecule has 2 aromatic carbocycles. The maximum absolute atomic E-state index is 13.3. The third kappa shape index (κ3) is 5.86. The van der Waals surface area contributed by atoms with Crippen molar-refractivity contribution in [1.29, 1.82) is 0 Å². The van der Waals surface area contributed by atoms with Gasteiger partial charge in [-0.25, -0.2) is 4.98 Å². The molecule has 0 saturated carbocycles. The molecule has 0 unspecified atom stereocenters. The van der Waals surface area contributed by atoms with Crippen molar-refractivity contribution in [2.45, 2.75) is 26.3 Å². The van der Waals surface area contributed by atoms with Crippen molar-refractivity contribution in [2.24, 2.45) is 5.92 Å². The zero-order chi connectivity index (χ0) is 24.8. The number of carbonyl (C=O) groups excluding carboxylic acids is 3. The second kappa shape index (κ2) is 11.1. The van der Waals surface area contributed by atoms with Crippen molar-refractivity contribution in [3.05, 3.63) is 59.9 Å². The van der Waals surface area contributed by atoms with Gasteiger partial charge in [-0.2, -0.15) is 0 Å². The molecule has 3 aromatic rings. The lowest BCUT2D eigenvalue weighted by molar-refractivity contribution is -0.127. The van der Waals surface area contributed by atoms with Crippen LogP contribution in [0.2, 0.25) is 0 Å². The largest absolute Gasteiger partial charge is 0.375 e. The minimum atomic E-state index is -0.314. The fraction of sp³-hybridized carbons (Fsp3) is 0.385. The van der Waals surface area contributed by atoms with Crippen LogP contribution >= 0.6 is 0 Å². The van der Waals surface area contributed by atoms with Crippen LogP contribution in [0.15, 0.2) is 48.8 Å². The van der Waals surface area contributed by atoms with E-state index < -0.39 is 0 Å². The van der Waals surface area contributed by atoms with Gasteiger partial charge in [0.1, 0.15) is 6.61 Å². The summed E-state index contributed by atoms with van der Waals surface area (Å²) in [4.78, 5) is 43.8. The average Bonchev–Trinajstić information content (AvgIpc) is 3.44. The fourth-order valence-corrected chi connectivity index (χ4v) is 4.47. The molecular weight excluding hydrogens is 446 g/mol. The van der Waals surface area contributed by atoms with Gasteiger partial charge in [0, 0.05) is 51.3 Å². The number of imidazole rings is 1. The second-order valence-corrected chi connectivity index (χ2v) is 8.76. The highest BCUT2D eigenvalue weighted by Crippen LogP contribution is 2.25. The van der Waals surface area contributed by atoms with Gasteiger partial charge in [0.2, 0.25) is 11.8 Å². The number of likely N-dealkylation sites (tertiary alicyclic amines) is 1. The number of fused-ring (bicyclic) bond motifs is 1. The van der Waals surface area contributed by atoms with Crippen molar-refractivity contribution in [1.82, 2.24) is 19.8 Å². The monoisotopic (exact) mass is 477 g/mol. The molecule has 1 aromatic heterocycles. The molecule has 1 aliphatic rings. The van der Waals surface area contributed by atoms with Crippen molar-refractivity contribution < 1.29 is 19.1 Å². The van der Waals surface area contributed by atoms with Crippen LogP contribution in [0.4, 0.5) is 5.69 Å². The smallest absolute Gasteiger partial charge is 0.253 e. The lowest BCUT2D eigenvalue weighted by Gasteiger charge is -2.15. The van der Waals surface area contributed by atoms with Crippen LogP contribution in [0.25, 0.3) is 11.0 Å². The first-order valence-electron chi connectivity index (χ1n) is 11.9. The SMILES string of the molecule is CCN1C[C@@H](CNC(=O)c2cc(NC(=O)COC)cc3ncn(CCc4ccccc4)c23)CC1=O. The fourth-order valence-electron chi connectivity index (χ4n) is 4.47. The van der Waals surface area contributed by atoms with Gasteiger partial charge in [-0.3, -0.25) is 14.4 Å². The number of anilines is 1. The van der Waals surface area contributed by atoms with Crippen LogP contribution < -0.4 is 10.6 Å². The minimum Gasteiger partial charge on any atom is -0.375 e. The summed E-state index contributed by atoms with van der Waals surface area (Å²) in [6.07, 6.45) is 2.95. The maximum Gasteiger partial charge on any atom is 0.253 e. The van der Waals surface area contributed by atoms with Gasteiger partial charge in [-0.15, -0.1) is 0 Å². The van der Waals surface area contributed by atoms with Crippen molar-refractivity contribution >= 4 is 34.4 Å². The van der Waals surface area contributed by atoms with E-state index in [1.807, 2.05) is 29.7 Å². The molecule has 1 aliphatic heterocycles. The van der Waals surface area contributed by atoms with Gasteiger partial charge in [-0.05, 0) is 31.0 Å². The summed E-state index contributed by atoms with van der Waals surface area (Å²) in [6, 6.07) is 13.6. The Hall–Kier alpha value is -3.72. The Labute approximate surface area is 204 Å². The Morgan fingerprint density at radius 1 is 1.20 bits per heavy atom. The summed E-state index contributed by atoms with van der Waals surface area (Å²) < 4.78 is 6.87. The Bertz CT molecular complexity index is 1210. The van der Waals surface area contributed by atoms with Crippen LogP contribution in [-0.2, 0) is 27.3 Å². The molecule has 1 saturated heterocycles. The number of nitrogens with one attached hydrogen (secondary N) is 2. The Kier molecular flexibility index (Phi) is 7.77. The quantitative estimate of drug-likeness (QED) is 0.467. The number of rotatable bonds is 10. The molecule has 0 bridgehead atoms. The van der Waals surface area contributed by atoms with Gasteiger partial charge < -0.3 is 24.8 Å². The molecule has 35 heavy (non-hydrogen) atoms. The lowest BCUT2D eigenvalue weighted by atomic mass is 10.1. The molecule has 1 fully saturated rings. The highest BCUT2D eigenvalue weighted by molar-refractivity contribution is 6.07. The molecule has 2 heterocycles.